The predicted octanol–water partition coefficient (Wildman–Crippen LogP) is 2.42. The molecule has 0 radical (unpaired) electrons. The Balaban J connectivity index is 2.79. The van der Waals surface area contributed by atoms with Crippen LogP contribution >= 0.6 is 0 Å². The number of carbonyl (C=O) groups is 1. The zero-order chi connectivity index (χ0) is 12.8. The van der Waals surface area contributed by atoms with Crippen LogP contribution in [0.2, 0.25) is 0 Å². The number of methoxy groups -OCH3 is 1. The van der Waals surface area contributed by atoms with Gasteiger partial charge in [-0.2, -0.15) is 0 Å². The van der Waals surface area contributed by atoms with Gasteiger partial charge in [0.1, 0.15) is 12.4 Å². The van der Waals surface area contributed by atoms with Crippen LogP contribution in [0.25, 0.3) is 0 Å². The molecule has 0 aliphatic rings. The number of hydrogen-bond acceptors (Lipinski definition) is 3. The highest BCUT2D eigenvalue weighted by molar-refractivity contribution is 5.68. The van der Waals surface area contributed by atoms with E-state index in [0.717, 1.165) is 11.3 Å². The van der Waals surface area contributed by atoms with Crippen molar-refractivity contribution in [2.24, 2.45) is 0 Å². The van der Waals surface area contributed by atoms with Crippen LogP contribution in [0.3, 0.4) is 0 Å². The highest BCUT2D eigenvalue weighted by atomic mass is 16.5. The van der Waals surface area contributed by atoms with E-state index in [0.29, 0.717) is 5.92 Å². The second-order valence-corrected chi connectivity index (χ2v) is 4.11. The molecule has 0 bridgehead atoms. The summed E-state index contributed by atoms with van der Waals surface area (Å²) in [7, 11) is 1.59. The van der Waals surface area contributed by atoms with Crippen LogP contribution in [0.5, 0.6) is 5.75 Å². The second kappa shape index (κ2) is 6.25. The molecule has 1 N–H and O–H groups in total. The van der Waals surface area contributed by atoms with Crippen molar-refractivity contribution in [1.82, 2.24) is 0 Å². The van der Waals surface area contributed by atoms with E-state index in [1.165, 1.54) is 5.56 Å². The van der Waals surface area contributed by atoms with Gasteiger partial charge in [-0.25, -0.2) is 4.79 Å². The molecule has 0 saturated carbocycles. The van der Waals surface area contributed by atoms with Crippen LogP contribution in [0.4, 0.5) is 0 Å². The molecule has 17 heavy (non-hydrogen) atoms. The first-order chi connectivity index (χ1) is 8.04. The third-order valence-corrected chi connectivity index (χ3v) is 2.45. The minimum atomic E-state index is -0.969. The molecule has 0 spiro atoms. The molecule has 94 valence electrons. The number of benzene rings is 1. The lowest BCUT2D eigenvalue weighted by Gasteiger charge is -2.12. The fourth-order valence-electron chi connectivity index (χ4n) is 1.52. The van der Waals surface area contributed by atoms with Gasteiger partial charge < -0.3 is 14.6 Å². The zero-order valence-electron chi connectivity index (χ0n) is 10.4. The zero-order valence-corrected chi connectivity index (χ0v) is 10.4. The molecule has 1 aromatic rings. The van der Waals surface area contributed by atoms with E-state index < -0.39 is 5.97 Å². The molecule has 4 heteroatoms. The van der Waals surface area contributed by atoms with Gasteiger partial charge in [-0.05, 0) is 23.6 Å². The first-order valence-corrected chi connectivity index (χ1v) is 5.51. The van der Waals surface area contributed by atoms with Crippen molar-refractivity contribution in [3.05, 3.63) is 29.3 Å². The monoisotopic (exact) mass is 238 g/mol. The Morgan fingerprint density at radius 3 is 2.65 bits per heavy atom. The van der Waals surface area contributed by atoms with Gasteiger partial charge in [0.25, 0.3) is 0 Å². The van der Waals surface area contributed by atoms with Gasteiger partial charge in [0.15, 0.2) is 0 Å². The Hall–Kier alpha value is -1.55. The Kier molecular flexibility index (Phi) is 4.97. The topological polar surface area (TPSA) is 55.8 Å². The molecule has 0 aliphatic heterocycles. The fourth-order valence-corrected chi connectivity index (χ4v) is 1.52. The highest BCUT2D eigenvalue weighted by Crippen LogP contribution is 2.24. The van der Waals surface area contributed by atoms with E-state index in [1.54, 1.807) is 7.11 Å². The minimum absolute atomic E-state index is 0.246. The van der Waals surface area contributed by atoms with Crippen LogP contribution in [-0.2, 0) is 16.1 Å². The summed E-state index contributed by atoms with van der Waals surface area (Å²) in [4.78, 5) is 10.4. The number of aliphatic carboxylic acids is 1. The summed E-state index contributed by atoms with van der Waals surface area (Å²) >= 11 is 0. The molecule has 1 rings (SSSR count). The first kappa shape index (κ1) is 13.5. The van der Waals surface area contributed by atoms with Crippen molar-refractivity contribution in [3.63, 3.8) is 0 Å². The van der Waals surface area contributed by atoms with Crippen LogP contribution in [0, 0.1) is 0 Å². The molecule has 0 saturated heterocycles. The van der Waals surface area contributed by atoms with E-state index in [9.17, 15) is 4.79 Å². The summed E-state index contributed by atoms with van der Waals surface area (Å²) < 4.78 is 10.3. The molecule has 0 heterocycles. The van der Waals surface area contributed by atoms with Gasteiger partial charge in [-0.3, -0.25) is 0 Å². The van der Waals surface area contributed by atoms with Crippen molar-refractivity contribution in [1.29, 1.82) is 0 Å². The van der Waals surface area contributed by atoms with Crippen LogP contribution < -0.4 is 4.74 Å². The molecule has 0 amide bonds. The summed E-state index contributed by atoms with van der Waals surface area (Å²) in [6, 6.07) is 5.88. The smallest absolute Gasteiger partial charge is 0.329 e. The summed E-state index contributed by atoms with van der Waals surface area (Å²) in [5.74, 6) is 0.169. The average Bonchev–Trinajstić information content (AvgIpc) is 2.28. The van der Waals surface area contributed by atoms with Gasteiger partial charge in [-0.1, -0.05) is 19.9 Å². The maximum Gasteiger partial charge on any atom is 0.329 e. The normalized spacial score (nSPS) is 10.6. The van der Waals surface area contributed by atoms with Gasteiger partial charge in [0, 0.05) is 5.56 Å². The summed E-state index contributed by atoms with van der Waals surface area (Å²) in [6.07, 6.45) is 0. The Labute approximate surface area is 101 Å². The molecule has 1 aromatic carbocycles. The molecule has 0 unspecified atom stereocenters. The minimum Gasteiger partial charge on any atom is -0.496 e. The van der Waals surface area contributed by atoms with Gasteiger partial charge >= 0.3 is 5.97 Å². The largest absolute Gasteiger partial charge is 0.496 e. The molecule has 0 aliphatic carbocycles. The average molecular weight is 238 g/mol. The van der Waals surface area contributed by atoms with Gasteiger partial charge in [0.05, 0.1) is 13.7 Å². The lowest BCUT2D eigenvalue weighted by Crippen LogP contribution is -2.07. The standard InChI is InChI=1S/C13H18O4/c1-9(2)10-4-5-12(16-3)11(6-10)7-17-8-13(14)15/h4-6,9H,7-8H2,1-3H3,(H,14,15). The SMILES string of the molecule is COc1ccc(C(C)C)cc1COCC(=O)O. The number of carboxylic acids is 1. The summed E-state index contributed by atoms with van der Waals surface area (Å²) in [5.41, 5.74) is 2.06. The molecule has 4 nitrogen and oxygen atoms in total. The van der Waals surface area contributed by atoms with E-state index in [4.69, 9.17) is 14.6 Å². The molecular weight excluding hydrogens is 220 g/mol. The highest BCUT2D eigenvalue weighted by Gasteiger charge is 2.07. The number of ether oxygens (including phenoxy) is 2. The van der Waals surface area contributed by atoms with Crippen molar-refractivity contribution in [2.45, 2.75) is 26.4 Å². The van der Waals surface area contributed by atoms with Crippen LogP contribution in [0.15, 0.2) is 18.2 Å². The third kappa shape index (κ3) is 4.07. The quantitative estimate of drug-likeness (QED) is 0.827. The molecule has 0 aromatic heterocycles. The van der Waals surface area contributed by atoms with Crippen molar-refractivity contribution < 1.29 is 19.4 Å². The van der Waals surface area contributed by atoms with Crippen LogP contribution in [0.1, 0.15) is 30.9 Å². The predicted molar refractivity (Wildman–Crippen MR) is 64.4 cm³/mol. The Bertz CT molecular complexity index is 385. The van der Waals surface area contributed by atoms with E-state index in [2.05, 4.69) is 13.8 Å². The van der Waals surface area contributed by atoms with E-state index in [-0.39, 0.29) is 13.2 Å². The van der Waals surface area contributed by atoms with Crippen molar-refractivity contribution in [2.75, 3.05) is 13.7 Å². The fraction of sp³-hybridized carbons (Fsp3) is 0.462. The summed E-state index contributed by atoms with van der Waals surface area (Å²) in [5, 5.41) is 8.50. The van der Waals surface area contributed by atoms with E-state index in [1.807, 2.05) is 18.2 Å². The molecule has 0 atom stereocenters. The Morgan fingerprint density at radius 2 is 2.12 bits per heavy atom. The maximum absolute atomic E-state index is 10.4. The first-order valence-electron chi connectivity index (χ1n) is 5.51. The lowest BCUT2D eigenvalue weighted by atomic mass is 10.0. The molecule has 0 fully saturated rings. The van der Waals surface area contributed by atoms with Gasteiger partial charge in [-0.15, -0.1) is 0 Å². The van der Waals surface area contributed by atoms with Crippen LogP contribution in [-0.4, -0.2) is 24.8 Å². The summed E-state index contributed by atoms with van der Waals surface area (Å²) in [6.45, 7) is 4.15. The molecular formula is C13H18O4. The second-order valence-electron chi connectivity index (χ2n) is 4.11. The number of hydrogen-bond donors (Lipinski definition) is 1. The van der Waals surface area contributed by atoms with E-state index >= 15 is 0 Å². The van der Waals surface area contributed by atoms with Crippen molar-refractivity contribution >= 4 is 5.97 Å². The lowest BCUT2D eigenvalue weighted by molar-refractivity contribution is -0.142. The number of carboxylic acid groups (broad SMARTS) is 1. The Morgan fingerprint density at radius 1 is 1.41 bits per heavy atom. The maximum atomic E-state index is 10.4. The number of rotatable bonds is 6. The van der Waals surface area contributed by atoms with Gasteiger partial charge in [0.2, 0.25) is 0 Å². The van der Waals surface area contributed by atoms with Crippen molar-refractivity contribution in [3.8, 4) is 5.75 Å². The third-order valence-electron chi connectivity index (χ3n) is 2.45.